The van der Waals surface area contributed by atoms with E-state index in [1.807, 2.05) is 24.3 Å². The van der Waals surface area contributed by atoms with Crippen LogP contribution in [-0.2, 0) is 16.7 Å². The summed E-state index contributed by atoms with van der Waals surface area (Å²) in [5, 5.41) is 3.61. The van der Waals surface area contributed by atoms with Gasteiger partial charge in [-0.1, -0.05) is 46.3 Å². The second-order valence-electron chi connectivity index (χ2n) is 5.00. The lowest BCUT2D eigenvalue weighted by Crippen LogP contribution is -2.20. The molecule has 25 heavy (non-hydrogen) atoms. The summed E-state index contributed by atoms with van der Waals surface area (Å²) in [5.74, 6) is 0.430. The summed E-state index contributed by atoms with van der Waals surface area (Å²) in [6, 6.07) is 12.8. The fourth-order valence-electron chi connectivity index (χ4n) is 1.96. The molecule has 0 aliphatic rings. The number of hydrazone groups is 1. The van der Waals surface area contributed by atoms with Crippen molar-refractivity contribution in [3.8, 4) is 0 Å². The van der Waals surface area contributed by atoms with Crippen LogP contribution in [0.3, 0.4) is 0 Å². The number of rotatable bonds is 6. The van der Waals surface area contributed by atoms with Gasteiger partial charge < -0.3 is 0 Å². The van der Waals surface area contributed by atoms with Gasteiger partial charge in [0.15, 0.2) is 0 Å². The van der Waals surface area contributed by atoms with E-state index in [0.29, 0.717) is 5.75 Å². The van der Waals surface area contributed by atoms with Crippen molar-refractivity contribution in [1.29, 1.82) is 0 Å². The molecule has 0 saturated carbocycles. The minimum atomic E-state index is -4.47. The molecule has 0 aromatic heterocycles. The fraction of sp³-hybridized carbons (Fsp3) is 0.176. The SMILES string of the molecule is O=C(CSCc1cccc(Br)c1)NN=Cc1ccccc1C(F)(F)F. The number of nitrogens with one attached hydrogen (secondary N) is 1. The van der Waals surface area contributed by atoms with Gasteiger partial charge in [-0.3, -0.25) is 4.79 Å². The molecule has 0 saturated heterocycles. The highest BCUT2D eigenvalue weighted by Gasteiger charge is 2.32. The largest absolute Gasteiger partial charge is 0.417 e. The highest BCUT2D eigenvalue weighted by atomic mass is 79.9. The number of thioether (sulfide) groups is 1. The van der Waals surface area contributed by atoms with Crippen LogP contribution in [0.5, 0.6) is 0 Å². The second-order valence-corrected chi connectivity index (χ2v) is 6.90. The lowest BCUT2D eigenvalue weighted by molar-refractivity contribution is -0.137. The first-order chi connectivity index (χ1) is 11.9. The maximum atomic E-state index is 12.8. The van der Waals surface area contributed by atoms with E-state index in [4.69, 9.17) is 0 Å². The van der Waals surface area contributed by atoms with Crippen LogP contribution in [0.25, 0.3) is 0 Å². The van der Waals surface area contributed by atoms with Crippen LogP contribution in [0.2, 0.25) is 0 Å². The molecule has 0 bridgehead atoms. The van der Waals surface area contributed by atoms with Crippen LogP contribution in [0.15, 0.2) is 58.1 Å². The van der Waals surface area contributed by atoms with E-state index in [9.17, 15) is 18.0 Å². The molecular formula is C17H14BrF3N2OS. The number of carbonyl (C=O) groups excluding carboxylic acids is 1. The Kier molecular flexibility index (Phi) is 7.07. The molecule has 0 fully saturated rings. The van der Waals surface area contributed by atoms with Crippen LogP contribution in [0.1, 0.15) is 16.7 Å². The molecule has 2 rings (SSSR count). The maximum absolute atomic E-state index is 12.8. The van der Waals surface area contributed by atoms with Crippen molar-refractivity contribution in [3.05, 3.63) is 69.7 Å². The molecule has 0 atom stereocenters. The molecule has 1 amide bonds. The number of halogens is 4. The zero-order chi connectivity index (χ0) is 18.3. The van der Waals surface area contributed by atoms with Gasteiger partial charge in [0.2, 0.25) is 5.91 Å². The molecule has 0 spiro atoms. The molecule has 0 aliphatic heterocycles. The summed E-state index contributed by atoms with van der Waals surface area (Å²) in [6.45, 7) is 0. The van der Waals surface area contributed by atoms with E-state index < -0.39 is 11.7 Å². The van der Waals surface area contributed by atoms with Gasteiger partial charge in [-0.15, -0.1) is 11.8 Å². The Morgan fingerprint density at radius 1 is 1.20 bits per heavy atom. The number of alkyl halides is 3. The summed E-state index contributed by atoms with van der Waals surface area (Å²) in [6.07, 6.45) is -3.47. The monoisotopic (exact) mass is 430 g/mol. The number of benzene rings is 2. The third-order valence-corrected chi connectivity index (χ3v) is 4.55. The molecule has 0 radical (unpaired) electrons. The molecule has 3 nitrogen and oxygen atoms in total. The van der Waals surface area contributed by atoms with Gasteiger partial charge in [0.1, 0.15) is 0 Å². The Bertz CT molecular complexity index is 766. The number of hydrogen-bond donors (Lipinski definition) is 1. The lowest BCUT2D eigenvalue weighted by atomic mass is 10.1. The van der Waals surface area contributed by atoms with E-state index >= 15 is 0 Å². The first kappa shape index (κ1) is 19.5. The van der Waals surface area contributed by atoms with Crippen molar-refractivity contribution in [1.82, 2.24) is 5.43 Å². The first-order valence-electron chi connectivity index (χ1n) is 7.16. The average molecular weight is 431 g/mol. The first-order valence-corrected chi connectivity index (χ1v) is 9.11. The standard InChI is InChI=1S/C17H14BrF3N2OS/c18-14-6-3-4-12(8-14)10-25-11-16(24)23-22-9-13-5-1-2-7-15(13)17(19,20)21/h1-9H,10-11H2,(H,23,24). The second kappa shape index (κ2) is 9.05. The average Bonchev–Trinajstić information content (AvgIpc) is 2.54. The van der Waals surface area contributed by atoms with Gasteiger partial charge in [0.25, 0.3) is 0 Å². The summed E-state index contributed by atoms with van der Waals surface area (Å²) in [7, 11) is 0. The predicted molar refractivity (Wildman–Crippen MR) is 97.5 cm³/mol. The van der Waals surface area contributed by atoms with Crippen molar-refractivity contribution >= 4 is 39.8 Å². The Hall–Kier alpha value is -1.80. The molecule has 8 heteroatoms. The van der Waals surface area contributed by atoms with Gasteiger partial charge in [-0.05, 0) is 23.8 Å². The van der Waals surface area contributed by atoms with Crippen LogP contribution in [-0.4, -0.2) is 17.9 Å². The van der Waals surface area contributed by atoms with Crippen LogP contribution in [0, 0.1) is 0 Å². The van der Waals surface area contributed by atoms with Crippen LogP contribution >= 0.6 is 27.7 Å². The topological polar surface area (TPSA) is 41.5 Å². The highest BCUT2D eigenvalue weighted by Crippen LogP contribution is 2.31. The Morgan fingerprint density at radius 2 is 1.96 bits per heavy atom. The van der Waals surface area contributed by atoms with E-state index in [0.717, 1.165) is 22.3 Å². The zero-order valence-electron chi connectivity index (χ0n) is 12.9. The minimum absolute atomic E-state index is 0.0999. The number of hydrogen-bond acceptors (Lipinski definition) is 3. The lowest BCUT2D eigenvalue weighted by Gasteiger charge is -2.09. The molecule has 1 N–H and O–H groups in total. The van der Waals surface area contributed by atoms with Gasteiger partial charge in [-0.2, -0.15) is 18.3 Å². The van der Waals surface area contributed by atoms with Crippen molar-refractivity contribution < 1.29 is 18.0 Å². The van der Waals surface area contributed by atoms with Crippen molar-refractivity contribution in [2.45, 2.75) is 11.9 Å². The molecule has 0 unspecified atom stereocenters. The van der Waals surface area contributed by atoms with Crippen molar-refractivity contribution in [2.24, 2.45) is 5.10 Å². The Morgan fingerprint density at radius 3 is 2.68 bits per heavy atom. The molecule has 2 aromatic rings. The van der Waals surface area contributed by atoms with Crippen molar-refractivity contribution in [3.63, 3.8) is 0 Å². The van der Waals surface area contributed by atoms with Crippen LogP contribution < -0.4 is 5.43 Å². The van der Waals surface area contributed by atoms with Gasteiger partial charge in [0, 0.05) is 15.8 Å². The van der Waals surface area contributed by atoms with E-state index in [1.165, 1.54) is 30.0 Å². The van der Waals surface area contributed by atoms with Gasteiger partial charge in [-0.25, -0.2) is 5.43 Å². The van der Waals surface area contributed by atoms with Gasteiger partial charge in [0.05, 0.1) is 17.5 Å². The number of carbonyl (C=O) groups is 1. The van der Waals surface area contributed by atoms with Gasteiger partial charge >= 0.3 is 6.18 Å². The Labute approximate surface area is 155 Å². The number of nitrogens with zero attached hydrogens (tertiary/aromatic N) is 1. The zero-order valence-corrected chi connectivity index (χ0v) is 15.3. The fourth-order valence-corrected chi connectivity index (χ4v) is 3.18. The summed E-state index contributed by atoms with van der Waals surface area (Å²) < 4.78 is 39.5. The van der Waals surface area contributed by atoms with Crippen molar-refractivity contribution in [2.75, 3.05) is 5.75 Å². The van der Waals surface area contributed by atoms with E-state index in [-0.39, 0.29) is 17.2 Å². The predicted octanol–water partition coefficient (Wildman–Crippen LogP) is 4.85. The molecule has 2 aromatic carbocycles. The van der Waals surface area contributed by atoms with E-state index in [2.05, 4.69) is 26.5 Å². The number of amides is 1. The third-order valence-electron chi connectivity index (χ3n) is 3.05. The summed E-state index contributed by atoms with van der Waals surface area (Å²) >= 11 is 4.76. The van der Waals surface area contributed by atoms with E-state index in [1.54, 1.807) is 0 Å². The minimum Gasteiger partial charge on any atom is -0.272 e. The normalized spacial score (nSPS) is 11.7. The molecule has 0 heterocycles. The quantitative estimate of drug-likeness (QED) is 0.525. The maximum Gasteiger partial charge on any atom is 0.417 e. The van der Waals surface area contributed by atoms with Crippen LogP contribution in [0.4, 0.5) is 13.2 Å². The molecule has 132 valence electrons. The smallest absolute Gasteiger partial charge is 0.272 e. The summed E-state index contributed by atoms with van der Waals surface area (Å²) in [5.41, 5.74) is 2.41. The summed E-state index contributed by atoms with van der Waals surface area (Å²) in [4.78, 5) is 11.7. The third kappa shape index (κ3) is 6.55. The Balaban J connectivity index is 1.83. The molecule has 0 aliphatic carbocycles. The highest BCUT2D eigenvalue weighted by molar-refractivity contribution is 9.10. The molecular weight excluding hydrogens is 417 g/mol.